The molecule has 0 saturated carbocycles. The number of piperidine rings is 1. The lowest BCUT2D eigenvalue weighted by atomic mass is 10.0. The molecule has 8 heteroatoms. The molecule has 0 bridgehead atoms. The van der Waals surface area contributed by atoms with Crippen molar-refractivity contribution >= 4 is 28.9 Å². The number of nitro groups is 1. The number of benzene rings is 2. The molecule has 136 valence electrons. The van der Waals surface area contributed by atoms with Crippen molar-refractivity contribution in [1.29, 1.82) is 0 Å². The Morgan fingerprint density at radius 2 is 1.92 bits per heavy atom. The number of nitro benzene ring substituents is 1. The van der Waals surface area contributed by atoms with Crippen LogP contribution in [-0.4, -0.2) is 34.9 Å². The summed E-state index contributed by atoms with van der Waals surface area (Å²) in [5.74, 6) is -0.867. The Bertz CT molecular complexity index is 838. The maximum absolute atomic E-state index is 13.8. The molecule has 0 unspecified atom stereocenters. The standard InChI is InChI=1S/C18H17ClFN3O3/c19-12-5-6-16(17(11-12)23(25)26)21-13-7-9-22(10-8-13)18(24)14-3-1-2-4-15(14)20/h1-6,11,13,21H,7-10H2. The van der Waals surface area contributed by atoms with Gasteiger partial charge in [-0.2, -0.15) is 0 Å². The highest BCUT2D eigenvalue weighted by atomic mass is 35.5. The van der Waals surface area contributed by atoms with Crippen LogP contribution >= 0.6 is 11.6 Å². The number of hydrogen-bond acceptors (Lipinski definition) is 4. The van der Waals surface area contributed by atoms with Crippen molar-refractivity contribution in [3.05, 3.63) is 69.0 Å². The average Bonchev–Trinajstić information content (AvgIpc) is 2.63. The van der Waals surface area contributed by atoms with E-state index in [0.717, 1.165) is 0 Å². The van der Waals surface area contributed by atoms with Gasteiger partial charge in [0.25, 0.3) is 11.6 Å². The van der Waals surface area contributed by atoms with Gasteiger partial charge in [-0.25, -0.2) is 4.39 Å². The lowest BCUT2D eigenvalue weighted by molar-refractivity contribution is -0.384. The molecule has 0 aromatic heterocycles. The third-order valence-electron chi connectivity index (χ3n) is 4.40. The molecule has 0 atom stereocenters. The molecular formula is C18H17ClFN3O3. The second-order valence-electron chi connectivity index (χ2n) is 6.11. The van der Waals surface area contributed by atoms with Crippen LogP contribution in [0.25, 0.3) is 0 Å². The molecule has 3 rings (SSSR count). The number of carbonyl (C=O) groups is 1. The lowest BCUT2D eigenvalue weighted by Crippen LogP contribution is -2.42. The normalized spacial score (nSPS) is 14.9. The van der Waals surface area contributed by atoms with Crippen LogP contribution in [0.15, 0.2) is 42.5 Å². The van der Waals surface area contributed by atoms with Crippen LogP contribution in [0.1, 0.15) is 23.2 Å². The van der Waals surface area contributed by atoms with E-state index in [4.69, 9.17) is 11.6 Å². The predicted octanol–water partition coefficient (Wildman–Crippen LogP) is 4.10. The number of nitrogens with zero attached hydrogens (tertiary/aromatic N) is 2. The number of rotatable bonds is 4. The molecule has 2 aromatic carbocycles. The Morgan fingerprint density at radius 1 is 1.23 bits per heavy atom. The first-order valence-electron chi connectivity index (χ1n) is 8.20. The van der Waals surface area contributed by atoms with Crippen LogP contribution in [0.4, 0.5) is 15.8 Å². The SMILES string of the molecule is O=C(c1ccccc1F)N1CCC(Nc2ccc(Cl)cc2[N+](=O)[O-])CC1. The maximum Gasteiger partial charge on any atom is 0.293 e. The van der Waals surface area contributed by atoms with Crippen molar-refractivity contribution in [2.75, 3.05) is 18.4 Å². The Hall–Kier alpha value is -2.67. The van der Waals surface area contributed by atoms with E-state index in [1.807, 2.05) is 0 Å². The molecule has 1 heterocycles. The minimum Gasteiger partial charge on any atom is -0.377 e. The zero-order valence-corrected chi connectivity index (χ0v) is 14.6. The summed E-state index contributed by atoms with van der Waals surface area (Å²) in [6.07, 6.45) is 1.22. The second-order valence-corrected chi connectivity index (χ2v) is 6.55. The summed E-state index contributed by atoms with van der Waals surface area (Å²) < 4.78 is 13.8. The second kappa shape index (κ2) is 7.70. The number of halogens is 2. The number of hydrogen-bond donors (Lipinski definition) is 1. The van der Waals surface area contributed by atoms with E-state index in [9.17, 15) is 19.3 Å². The summed E-state index contributed by atoms with van der Waals surface area (Å²) in [4.78, 5) is 24.7. The van der Waals surface area contributed by atoms with Crippen molar-refractivity contribution < 1.29 is 14.1 Å². The van der Waals surface area contributed by atoms with Gasteiger partial charge in [0.15, 0.2) is 0 Å². The van der Waals surface area contributed by atoms with Crippen LogP contribution < -0.4 is 5.32 Å². The Labute approximate surface area is 154 Å². The smallest absolute Gasteiger partial charge is 0.293 e. The molecule has 0 radical (unpaired) electrons. The highest BCUT2D eigenvalue weighted by Gasteiger charge is 2.26. The summed E-state index contributed by atoms with van der Waals surface area (Å²) in [6, 6.07) is 10.4. The van der Waals surface area contributed by atoms with E-state index in [1.54, 1.807) is 29.2 Å². The molecule has 0 spiro atoms. The van der Waals surface area contributed by atoms with Gasteiger partial charge in [0.2, 0.25) is 0 Å². The number of amides is 1. The summed E-state index contributed by atoms with van der Waals surface area (Å²) in [5, 5.41) is 14.6. The minimum absolute atomic E-state index is 0.0143. The van der Waals surface area contributed by atoms with Gasteiger partial charge in [-0.1, -0.05) is 23.7 Å². The molecular weight excluding hydrogens is 361 g/mol. The number of carbonyl (C=O) groups excluding carboxylic acids is 1. The van der Waals surface area contributed by atoms with Crippen LogP contribution in [0.2, 0.25) is 5.02 Å². The zero-order chi connectivity index (χ0) is 18.7. The molecule has 1 amide bonds. The topological polar surface area (TPSA) is 75.5 Å². The number of nitrogens with one attached hydrogen (secondary N) is 1. The zero-order valence-electron chi connectivity index (χ0n) is 13.8. The highest BCUT2D eigenvalue weighted by molar-refractivity contribution is 6.30. The van der Waals surface area contributed by atoms with Gasteiger partial charge < -0.3 is 10.2 Å². The fraction of sp³-hybridized carbons (Fsp3) is 0.278. The van der Waals surface area contributed by atoms with Crippen LogP contribution in [-0.2, 0) is 0 Å². The first-order chi connectivity index (χ1) is 12.5. The summed E-state index contributed by atoms with van der Waals surface area (Å²) in [7, 11) is 0. The third kappa shape index (κ3) is 3.94. The number of likely N-dealkylation sites (tertiary alicyclic amines) is 1. The van der Waals surface area contributed by atoms with Gasteiger partial charge >= 0.3 is 0 Å². The molecule has 1 fully saturated rings. The van der Waals surface area contributed by atoms with E-state index in [0.29, 0.717) is 36.6 Å². The average molecular weight is 378 g/mol. The predicted molar refractivity (Wildman–Crippen MR) is 97.1 cm³/mol. The highest BCUT2D eigenvalue weighted by Crippen LogP contribution is 2.29. The summed E-state index contributed by atoms with van der Waals surface area (Å²) in [5.41, 5.74) is 0.382. The first kappa shape index (κ1) is 18.1. The van der Waals surface area contributed by atoms with Crippen molar-refractivity contribution in [3.63, 3.8) is 0 Å². The van der Waals surface area contributed by atoms with Gasteiger partial charge in [0.05, 0.1) is 10.5 Å². The van der Waals surface area contributed by atoms with Crippen molar-refractivity contribution in [2.24, 2.45) is 0 Å². The van der Waals surface area contributed by atoms with Crippen LogP contribution in [0.3, 0.4) is 0 Å². The van der Waals surface area contributed by atoms with Gasteiger partial charge in [-0.15, -0.1) is 0 Å². The summed E-state index contributed by atoms with van der Waals surface area (Å²) >= 11 is 5.82. The molecule has 0 aliphatic carbocycles. The Balaban J connectivity index is 1.64. The van der Waals surface area contributed by atoms with E-state index < -0.39 is 10.7 Å². The van der Waals surface area contributed by atoms with E-state index in [2.05, 4.69) is 5.32 Å². The third-order valence-corrected chi connectivity index (χ3v) is 4.64. The van der Waals surface area contributed by atoms with Gasteiger partial charge in [0, 0.05) is 30.2 Å². The lowest BCUT2D eigenvalue weighted by Gasteiger charge is -2.33. The van der Waals surface area contributed by atoms with Crippen molar-refractivity contribution in [1.82, 2.24) is 4.90 Å². The van der Waals surface area contributed by atoms with Gasteiger partial charge in [0.1, 0.15) is 11.5 Å². The molecule has 26 heavy (non-hydrogen) atoms. The Morgan fingerprint density at radius 3 is 2.58 bits per heavy atom. The van der Waals surface area contributed by atoms with E-state index in [-0.39, 0.29) is 23.2 Å². The molecule has 1 saturated heterocycles. The maximum atomic E-state index is 13.8. The van der Waals surface area contributed by atoms with Gasteiger partial charge in [-0.05, 0) is 37.1 Å². The molecule has 1 aliphatic rings. The largest absolute Gasteiger partial charge is 0.377 e. The van der Waals surface area contributed by atoms with Crippen molar-refractivity contribution in [2.45, 2.75) is 18.9 Å². The molecule has 2 aromatic rings. The van der Waals surface area contributed by atoms with E-state index in [1.165, 1.54) is 18.2 Å². The fourth-order valence-electron chi connectivity index (χ4n) is 3.03. The minimum atomic E-state index is -0.533. The number of anilines is 1. The quantitative estimate of drug-likeness (QED) is 0.642. The molecule has 6 nitrogen and oxygen atoms in total. The summed E-state index contributed by atoms with van der Waals surface area (Å²) in [6.45, 7) is 0.901. The van der Waals surface area contributed by atoms with Gasteiger partial charge in [-0.3, -0.25) is 14.9 Å². The van der Waals surface area contributed by atoms with Crippen molar-refractivity contribution in [3.8, 4) is 0 Å². The van der Waals surface area contributed by atoms with Crippen LogP contribution in [0.5, 0.6) is 0 Å². The first-order valence-corrected chi connectivity index (χ1v) is 8.58. The van der Waals surface area contributed by atoms with E-state index >= 15 is 0 Å². The van der Waals surface area contributed by atoms with Crippen LogP contribution in [0, 0.1) is 15.9 Å². The fourth-order valence-corrected chi connectivity index (χ4v) is 3.20. The molecule has 1 aliphatic heterocycles. The Kier molecular flexibility index (Phi) is 5.37. The monoisotopic (exact) mass is 377 g/mol. The molecule has 1 N–H and O–H groups in total.